The molecule has 0 aliphatic carbocycles. The summed E-state index contributed by atoms with van der Waals surface area (Å²) in [6.07, 6.45) is 6.58. The van der Waals surface area contributed by atoms with E-state index < -0.39 is 0 Å². The molecule has 0 saturated heterocycles. The quantitative estimate of drug-likeness (QED) is 0.464. The number of rotatable bonds is 5. The molecule has 1 atom stereocenters. The molecule has 0 spiro atoms. The van der Waals surface area contributed by atoms with Gasteiger partial charge < -0.3 is 10.6 Å². The van der Waals surface area contributed by atoms with Crippen LogP contribution in [0.4, 0.5) is 5.82 Å². The zero-order valence-electron chi connectivity index (χ0n) is 17.0. The lowest BCUT2D eigenvalue weighted by Gasteiger charge is -2.28. The summed E-state index contributed by atoms with van der Waals surface area (Å²) in [7, 11) is 0. The van der Waals surface area contributed by atoms with Gasteiger partial charge in [0.25, 0.3) is 5.91 Å². The summed E-state index contributed by atoms with van der Waals surface area (Å²) in [4.78, 5) is 37.1. The summed E-state index contributed by atoms with van der Waals surface area (Å²) >= 11 is 3.39. The molecule has 8 nitrogen and oxygen atoms in total. The fourth-order valence-corrected chi connectivity index (χ4v) is 3.40. The van der Waals surface area contributed by atoms with Gasteiger partial charge in [0, 0.05) is 29.3 Å². The third-order valence-electron chi connectivity index (χ3n) is 4.95. The molecular weight excluding hydrogens is 458 g/mol. The lowest BCUT2D eigenvalue weighted by atomic mass is 10.1. The topological polar surface area (TPSA) is 111 Å². The largest absolute Gasteiger partial charge is 0.383 e. The molecule has 156 valence electrons. The lowest BCUT2D eigenvalue weighted by molar-refractivity contribution is 0.0663. The highest BCUT2D eigenvalue weighted by Crippen LogP contribution is 2.24. The second-order valence-corrected chi connectivity index (χ2v) is 8.05. The van der Waals surface area contributed by atoms with Crippen LogP contribution in [0.1, 0.15) is 40.4 Å². The maximum atomic E-state index is 13.6. The van der Waals surface area contributed by atoms with Crippen LogP contribution in [0.2, 0.25) is 0 Å². The van der Waals surface area contributed by atoms with Gasteiger partial charge in [0.2, 0.25) is 0 Å². The van der Waals surface area contributed by atoms with Crippen LogP contribution in [-0.4, -0.2) is 35.7 Å². The smallest absolute Gasteiger partial charge is 0.256 e. The van der Waals surface area contributed by atoms with Crippen LogP contribution in [0.5, 0.6) is 0 Å². The summed E-state index contributed by atoms with van der Waals surface area (Å²) in [5.74, 6) is 0.737. The van der Waals surface area contributed by atoms with E-state index in [4.69, 9.17) is 5.73 Å². The number of halogens is 1. The summed E-state index contributed by atoms with van der Waals surface area (Å²) in [5, 5.41) is 0. The van der Waals surface area contributed by atoms with Gasteiger partial charge in [0.05, 0.1) is 34.9 Å². The van der Waals surface area contributed by atoms with Crippen molar-refractivity contribution in [3.8, 4) is 0 Å². The van der Waals surface area contributed by atoms with Gasteiger partial charge in [0.15, 0.2) is 0 Å². The Kier molecular flexibility index (Phi) is 5.85. The van der Waals surface area contributed by atoms with Crippen molar-refractivity contribution >= 4 is 38.7 Å². The summed E-state index contributed by atoms with van der Waals surface area (Å²) in [5.41, 5.74) is 9.19. The minimum absolute atomic E-state index is 0.222. The number of carbonyl (C=O) groups excluding carboxylic acids is 1. The number of carbonyl (C=O) groups is 1. The molecule has 0 fully saturated rings. The Bertz CT molecular complexity index is 1230. The molecule has 2 N–H and O–H groups in total. The first-order valence-corrected chi connectivity index (χ1v) is 10.4. The standard InChI is InChI=1S/C22H20BrN7O/c1-13-8-18-19(29-20(13)24)9-15(10-28-18)22(31)30(12-17-5-4-16(23)11-27-17)14(2)21-25-6-3-7-26-21/h3-11,14H,12H2,1-2H3,(H2,24,29)/t14-/m1/s1. The molecule has 31 heavy (non-hydrogen) atoms. The number of pyridine rings is 3. The monoisotopic (exact) mass is 477 g/mol. The Hall–Kier alpha value is -3.46. The summed E-state index contributed by atoms with van der Waals surface area (Å²) in [6.45, 7) is 4.05. The first-order chi connectivity index (χ1) is 14.9. The molecule has 9 heteroatoms. The number of nitrogens with two attached hydrogens (primary N) is 1. The molecule has 4 rings (SSSR count). The number of amides is 1. The van der Waals surface area contributed by atoms with Crippen LogP contribution >= 0.6 is 15.9 Å². The van der Waals surface area contributed by atoms with E-state index in [1.807, 2.05) is 32.0 Å². The van der Waals surface area contributed by atoms with Gasteiger partial charge in [-0.25, -0.2) is 15.0 Å². The number of aromatic nitrogens is 5. The van der Waals surface area contributed by atoms with E-state index in [-0.39, 0.29) is 18.5 Å². The van der Waals surface area contributed by atoms with Crippen LogP contribution in [0.15, 0.2) is 59.6 Å². The molecule has 1 amide bonds. The molecule has 0 aromatic carbocycles. The minimum Gasteiger partial charge on any atom is -0.383 e. The van der Waals surface area contributed by atoms with Gasteiger partial charge in [-0.1, -0.05) is 0 Å². The van der Waals surface area contributed by atoms with E-state index >= 15 is 0 Å². The molecule has 4 aromatic rings. The van der Waals surface area contributed by atoms with Crippen LogP contribution in [0.25, 0.3) is 11.0 Å². The highest BCUT2D eigenvalue weighted by atomic mass is 79.9. The molecule has 4 aromatic heterocycles. The number of anilines is 1. The third-order valence-corrected chi connectivity index (χ3v) is 5.42. The van der Waals surface area contributed by atoms with Gasteiger partial charge >= 0.3 is 0 Å². The van der Waals surface area contributed by atoms with Crippen molar-refractivity contribution in [1.82, 2.24) is 29.8 Å². The average Bonchev–Trinajstić information content (AvgIpc) is 2.79. The summed E-state index contributed by atoms with van der Waals surface area (Å²) in [6, 6.07) is 8.68. The van der Waals surface area contributed by atoms with Gasteiger partial charge in [-0.05, 0) is 65.7 Å². The predicted molar refractivity (Wildman–Crippen MR) is 121 cm³/mol. The average molecular weight is 478 g/mol. The lowest BCUT2D eigenvalue weighted by Crippen LogP contribution is -2.34. The molecule has 0 aliphatic heterocycles. The van der Waals surface area contributed by atoms with Crippen molar-refractivity contribution < 1.29 is 4.79 Å². The molecule has 0 aliphatic rings. The first kappa shape index (κ1) is 20.8. The van der Waals surface area contributed by atoms with E-state index in [0.29, 0.717) is 28.2 Å². The first-order valence-electron chi connectivity index (χ1n) is 9.63. The zero-order valence-corrected chi connectivity index (χ0v) is 18.6. The molecule has 0 bridgehead atoms. The van der Waals surface area contributed by atoms with Gasteiger partial charge in [0.1, 0.15) is 11.6 Å². The fraction of sp³-hybridized carbons (Fsp3) is 0.182. The maximum Gasteiger partial charge on any atom is 0.256 e. The zero-order chi connectivity index (χ0) is 22.0. The van der Waals surface area contributed by atoms with E-state index in [9.17, 15) is 4.79 Å². The molecule has 0 radical (unpaired) electrons. The summed E-state index contributed by atoms with van der Waals surface area (Å²) < 4.78 is 0.867. The molecule has 0 saturated carbocycles. The molecular formula is C22H20BrN7O. The van der Waals surface area contributed by atoms with Crippen LogP contribution < -0.4 is 5.73 Å². The number of nitrogens with zero attached hydrogens (tertiary/aromatic N) is 6. The van der Waals surface area contributed by atoms with Gasteiger partial charge in [-0.3, -0.25) is 14.8 Å². The van der Waals surface area contributed by atoms with E-state index in [2.05, 4.69) is 40.8 Å². The SMILES string of the molecule is Cc1cc2ncc(C(=O)N(Cc3ccc(Br)cn3)[C@H](C)c3ncccn3)cc2nc1N. The minimum atomic E-state index is -0.383. The second-order valence-electron chi connectivity index (χ2n) is 7.14. The Morgan fingerprint density at radius 2 is 1.87 bits per heavy atom. The Balaban J connectivity index is 1.72. The predicted octanol–water partition coefficient (Wildman–Crippen LogP) is 3.87. The van der Waals surface area contributed by atoms with E-state index in [1.165, 1.54) is 0 Å². The van der Waals surface area contributed by atoms with Crippen molar-refractivity contribution in [3.05, 3.63) is 82.2 Å². The number of hydrogen-bond donors (Lipinski definition) is 1. The number of fused-ring (bicyclic) bond motifs is 1. The Morgan fingerprint density at radius 3 is 2.58 bits per heavy atom. The normalized spacial score (nSPS) is 12.0. The van der Waals surface area contributed by atoms with E-state index in [1.54, 1.807) is 41.8 Å². The van der Waals surface area contributed by atoms with Crippen molar-refractivity contribution in [2.24, 2.45) is 0 Å². The Labute approximate surface area is 187 Å². The van der Waals surface area contributed by atoms with Crippen molar-refractivity contribution in [3.63, 3.8) is 0 Å². The third kappa shape index (κ3) is 4.51. The molecule has 4 heterocycles. The Morgan fingerprint density at radius 1 is 1.10 bits per heavy atom. The van der Waals surface area contributed by atoms with Gasteiger partial charge in [-0.15, -0.1) is 0 Å². The highest BCUT2D eigenvalue weighted by Gasteiger charge is 2.26. The van der Waals surface area contributed by atoms with Crippen LogP contribution in [-0.2, 0) is 6.54 Å². The van der Waals surface area contributed by atoms with Crippen molar-refractivity contribution in [2.75, 3.05) is 5.73 Å². The number of aryl methyl sites for hydroxylation is 1. The number of nitrogen functional groups attached to an aromatic ring is 1. The molecule has 0 unspecified atom stereocenters. The van der Waals surface area contributed by atoms with Crippen LogP contribution in [0, 0.1) is 6.92 Å². The van der Waals surface area contributed by atoms with Gasteiger partial charge in [-0.2, -0.15) is 0 Å². The number of hydrogen-bond acceptors (Lipinski definition) is 7. The highest BCUT2D eigenvalue weighted by molar-refractivity contribution is 9.10. The second kappa shape index (κ2) is 8.73. The van der Waals surface area contributed by atoms with Crippen molar-refractivity contribution in [2.45, 2.75) is 26.4 Å². The van der Waals surface area contributed by atoms with E-state index in [0.717, 1.165) is 15.7 Å². The maximum absolute atomic E-state index is 13.6. The van der Waals surface area contributed by atoms with Crippen molar-refractivity contribution in [1.29, 1.82) is 0 Å². The van der Waals surface area contributed by atoms with Crippen LogP contribution in [0.3, 0.4) is 0 Å². The fourth-order valence-electron chi connectivity index (χ4n) is 3.17.